The zero-order valence-electron chi connectivity index (χ0n) is 16.6. The van der Waals surface area contributed by atoms with E-state index in [0.29, 0.717) is 12.0 Å². The van der Waals surface area contributed by atoms with Crippen LogP contribution in [0.5, 0.6) is 0 Å². The molecule has 0 aromatic rings. The van der Waals surface area contributed by atoms with Crippen molar-refractivity contribution in [1.82, 2.24) is 0 Å². The number of carbonyl (C=O) groups is 3. The van der Waals surface area contributed by atoms with Crippen molar-refractivity contribution in [2.75, 3.05) is 0 Å². The first-order chi connectivity index (χ1) is 13.3. The highest BCUT2D eigenvalue weighted by molar-refractivity contribution is 6.09. The maximum Gasteiger partial charge on any atom is 0.303 e. The van der Waals surface area contributed by atoms with Crippen LogP contribution >= 0.6 is 0 Å². The first-order valence-electron chi connectivity index (χ1n) is 9.67. The number of esters is 1. The smallest absolute Gasteiger partial charge is 0.303 e. The predicted octanol–water partition coefficient (Wildman–Crippen LogP) is 3.66. The number of hydrogen-bond acceptors (Lipinski definition) is 5. The summed E-state index contributed by atoms with van der Waals surface area (Å²) in [5.41, 5.74) is -0.844. The fourth-order valence-corrected chi connectivity index (χ4v) is 2.92. The Labute approximate surface area is 166 Å². The monoisotopic (exact) mass is 390 g/mol. The number of ether oxygens (including phenoxy) is 1. The minimum absolute atomic E-state index is 0.0801. The molecule has 0 heterocycles. The van der Waals surface area contributed by atoms with Crippen molar-refractivity contribution < 1.29 is 29.3 Å². The summed E-state index contributed by atoms with van der Waals surface area (Å²) in [5, 5.41) is 18.4. The molecule has 0 radical (unpaired) electrons. The molecule has 0 amide bonds. The number of hydrogen-bond donors (Lipinski definition) is 2. The molecule has 0 saturated carbocycles. The Morgan fingerprint density at radius 3 is 2.68 bits per heavy atom. The Bertz CT molecular complexity index is 671. The molecule has 154 valence electrons. The molecule has 0 unspecified atom stereocenters. The molecule has 1 aliphatic rings. The third kappa shape index (κ3) is 8.05. The van der Waals surface area contributed by atoms with E-state index in [0.717, 1.165) is 25.7 Å². The van der Waals surface area contributed by atoms with Crippen molar-refractivity contribution in [2.45, 2.75) is 70.5 Å². The van der Waals surface area contributed by atoms with Crippen LogP contribution in [0, 0.1) is 0 Å². The lowest BCUT2D eigenvalue weighted by Gasteiger charge is -2.27. The lowest BCUT2D eigenvalue weighted by Crippen LogP contribution is -2.33. The summed E-state index contributed by atoms with van der Waals surface area (Å²) in [6.07, 6.45) is 15.0. The molecule has 6 heteroatoms. The van der Waals surface area contributed by atoms with E-state index in [4.69, 9.17) is 9.84 Å². The zero-order valence-corrected chi connectivity index (χ0v) is 16.6. The third-order valence-corrected chi connectivity index (χ3v) is 4.36. The maximum atomic E-state index is 12.3. The van der Waals surface area contributed by atoms with Crippen LogP contribution in [0.3, 0.4) is 0 Å². The fourth-order valence-electron chi connectivity index (χ4n) is 2.92. The Kier molecular flexibility index (Phi) is 10.2. The fraction of sp³-hybridized carbons (Fsp3) is 0.500. The molecule has 6 nitrogen and oxygen atoms in total. The van der Waals surface area contributed by atoms with Gasteiger partial charge in [-0.05, 0) is 31.4 Å². The highest BCUT2D eigenvalue weighted by Crippen LogP contribution is 2.34. The van der Waals surface area contributed by atoms with Crippen LogP contribution in [0.4, 0.5) is 0 Å². The number of ketones is 1. The van der Waals surface area contributed by atoms with E-state index in [1.54, 1.807) is 6.08 Å². The first-order valence-corrected chi connectivity index (χ1v) is 9.67. The van der Waals surface area contributed by atoms with Gasteiger partial charge in [0.15, 0.2) is 11.4 Å². The van der Waals surface area contributed by atoms with Crippen LogP contribution in [-0.2, 0) is 19.1 Å². The van der Waals surface area contributed by atoms with Gasteiger partial charge >= 0.3 is 11.9 Å². The highest BCUT2D eigenvalue weighted by atomic mass is 16.6. The number of carbonyl (C=O) groups excluding carboxylic acids is 2. The first kappa shape index (κ1) is 23.6. The predicted molar refractivity (Wildman–Crippen MR) is 107 cm³/mol. The largest absolute Gasteiger partial charge is 0.481 e. The van der Waals surface area contributed by atoms with Crippen molar-refractivity contribution >= 4 is 17.7 Å². The van der Waals surface area contributed by atoms with E-state index in [-0.39, 0.29) is 18.6 Å². The van der Waals surface area contributed by atoms with Gasteiger partial charge < -0.3 is 14.9 Å². The zero-order chi connectivity index (χ0) is 21.0. The van der Waals surface area contributed by atoms with Gasteiger partial charge in [0.05, 0.1) is 6.10 Å². The number of allylic oxidation sites excluding steroid dienone is 4. The Balaban J connectivity index is 2.90. The quantitative estimate of drug-likeness (QED) is 0.228. The number of rotatable bonds is 12. The Morgan fingerprint density at radius 1 is 1.29 bits per heavy atom. The molecule has 1 aliphatic carbocycles. The number of aliphatic hydroxyl groups excluding tert-OH is 1. The maximum absolute atomic E-state index is 12.3. The Morgan fingerprint density at radius 2 is 2.04 bits per heavy atom. The minimum atomic E-state index is -1.15. The summed E-state index contributed by atoms with van der Waals surface area (Å²) in [5.74, 6) is -1.74. The van der Waals surface area contributed by atoms with Gasteiger partial charge in [0.1, 0.15) is 0 Å². The van der Waals surface area contributed by atoms with Gasteiger partial charge in [-0.3, -0.25) is 14.4 Å². The molecule has 0 bridgehead atoms. The number of aliphatic carboxylic acids is 1. The molecule has 0 aromatic carbocycles. The van der Waals surface area contributed by atoms with Crippen molar-refractivity contribution in [2.24, 2.45) is 0 Å². The van der Waals surface area contributed by atoms with E-state index in [1.165, 1.54) is 31.2 Å². The summed E-state index contributed by atoms with van der Waals surface area (Å²) >= 11 is 0. The minimum Gasteiger partial charge on any atom is -0.481 e. The van der Waals surface area contributed by atoms with Gasteiger partial charge in [-0.1, -0.05) is 50.1 Å². The highest BCUT2D eigenvalue weighted by Gasteiger charge is 2.41. The van der Waals surface area contributed by atoms with E-state index in [1.807, 2.05) is 12.2 Å². The van der Waals surface area contributed by atoms with Crippen LogP contribution in [0.1, 0.15) is 58.8 Å². The number of unbranched alkanes of at least 4 members (excludes halogenated alkanes) is 3. The van der Waals surface area contributed by atoms with Crippen LogP contribution in [0.2, 0.25) is 0 Å². The van der Waals surface area contributed by atoms with Crippen molar-refractivity contribution in [3.05, 3.63) is 48.1 Å². The molecule has 0 saturated heterocycles. The van der Waals surface area contributed by atoms with Crippen molar-refractivity contribution in [3.63, 3.8) is 0 Å². The molecule has 2 N–H and O–H groups in total. The second-order valence-electron chi connectivity index (χ2n) is 6.82. The van der Waals surface area contributed by atoms with E-state index < -0.39 is 23.6 Å². The van der Waals surface area contributed by atoms with Crippen LogP contribution in [0.15, 0.2) is 48.1 Å². The second kappa shape index (κ2) is 12.1. The SMILES string of the molecule is CCCCC/C=C\C[C@]1(OC(C)=O)C=CC(=O)C1=C/C=C/[C@H](O)CCC(=O)O. The standard InChI is InChI=1S/C22H30O6/c1-3-4-5-6-7-8-15-22(28-17(2)23)16-14-20(25)19(22)11-9-10-18(24)12-13-21(26)27/h7-11,14,16,18,24H,3-6,12-13,15H2,1-2H3,(H,26,27)/b8-7-,10-9+,19-11?/t18-,22-/m0/s1. The van der Waals surface area contributed by atoms with Crippen LogP contribution in [-0.4, -0.2) is 39.6 Å². The van der Waals surface area contributed by atoms with Gasteiger partial charge in [-0.25, -0.2) is 0 Å². The van der Waals surface area contributed by atoms with Gasteiger partial charge in [-0.2, -0.15) is 0 Å². The van der Waals surface area contributed by atoms with Crippen LogP contribution in [0.25, 0.3) is 0 Å². The Hall–Kier alpha value is -2.47. The summed E-state index contributed by atoms with van der Waals surface area (Å²) in [6, 6.07) is 0. The second-order valence-corrected chi connectivity index (χ2v) is 6.82. The molecule has 28 heavy (non-hydrogen) atoms. The van der Waals surface area contributed by atoms with E-state index >= 15 is 0 Å². The van der Waals surface area contributed by atoms with Gasteiger partial charge in [0.25, 0.3) is 0 Å². The summed E-state index contributed by atoms with van der Waals surface area (Å²) in [4.78, 5) is 34.5. The van der Waals surface area contributed by atoms with Gasteiger partial charge in [0.2, 0.25) is 0 Å². The van der Waals surface area contributed by atoms with E-state index in [9.17, 15) is 19.5 Å². The average Bonchev–Trinajstić information content (AvgIpc) is 2.92. The lowest BCUT2D eigenvalue weighted by molar-refractivity contribution is -0.149. The van der Waals surface area contributed by atoms with Crippen molar-refractivity contribution in [3.8, 4) is 0 Å². The van der Waals surface area contributed by atoms with Gasteiger partial charge in [0, 0.05) is 25.3 Å². The lowest BCUT2D eigenvalue weighted by atomic mass is 9.91. The molecule has 0 aromatic heterocycles. The topological polar surface area (TPSA) is 101 Å². The third-order valence-electron chi connectivity index (χ3n) is 4.36. The molecule has 1 rings (SSSR count). The number of carboxylic acids is 1. The number of aliphatic hydroxyl groups is 1. The summed E-state index contributed by atoms with van der Waals surface area (Å²) < 4.78 is 5.51. The number of carboxylic acid groups (broad SMARTS) is 1. The molecular formula is C22H30O6. The van der Waals surface area contributed by atoms with E-state index in [2.05, 4.69) is 6.92 Å². The summed E-state index contributed by atoms with van der Waals surface area (Å²) in [7, 11) is 0. The molecule has 0 spiro atoms. The summed E-state index contributed by atoms with van der Waals surface area (Å²) in [6.45, 7) is 3.43. The average molecular weight is 390 g/mol. The van der Waals surface area contributed by atoms with Crippen LogP contribution < -0.4 is 0 Å². The molecule has 2 atom stereocenters. The van der Waals surface area contributed by atoms with Gasteiger partial charge in [-0.15, -0.1) is 0 Å². The molecule has 0 aliphatic heterocycles. The van der Waals surface area contributed by atoms with Crippen molar-refractivity contribution in [1.29, 1.82) is 0 Å². The normalized spacial score (nSPS) is 21.8. The molecule has 0 fully saturated rings. The molecular weight excluding hydrogens is 360 g/mol.